The molecule has 0 radical (unpaired) electrons. The second-order valence-electron chi connectivity index (χ2n) is 2.44. The van der Waals surface area contributed by atoms with Gasteiger partial charge in [0, 0.05) is 0 Å². The lowest BCUT2D eigenvalue weighted by Gasteiger charge is -2.04. The van der Waals surface area contributed by atoms with Crippen LogP contribution in [0.15, 0.2) is 12.4 Å². The van der Waals surface area contributed by atoms with E-state index in [9.17, 15) is 14.5 Å². The smallest absolute Gasteiger partial charge is 0.390 e. The molecule has 13 heavy (non-hydrogen) atoms. The Morgan fingerprint density at radius 2 is 2.54 bits per heavy atom. The molecule has 0 saturated carbocycles. The molecule has 1 N–H and O–H groups in total. The Kier molecular flexibility index (Phi) is 2.91. The SMILES string of the molecule is O=[N+]([O-])c1nccn1C[C@H](O)CF. The first kappa shape index (κ1) is 9.59. The topological polar surface area (TPSA) is 81.2 Å². The van der Waals surface area contributed by atoms with E-state index in [2.05, 4.69) is 4.98 Å². The number of hydrogen-bond donors (Lipinski definition) is 1. The number of rotatable bonds is 4. The molecule has 1 aromatic rings. The molecule has 6 nitrogen and oxygen atoms in total. The van der Waals surface area contributed by atoms with Gasteiger partial charge in [-0.05, 0) is 4.92 Å². The zero-order chi connectivity index (χ0) is 9.84. The molecule has 1 aromatic heterocycles. The lowest BCUT2D eigenvalue weighted by atomic mass is 10.4. The van der Waals surface area contributed by atoms with Crippen LogP contribution < -0.4 is 0 Å². The standard InChI is InChI=1S/C6H8FN3O3/c7-3-5(11)4-9-2-1-8-6(9)10(12)13/h1-2,5,11H,3-4H2/t5-/m1/s1. The zero-order valence-corrected chi connectivity index (χ0v) is 6.63. The Labute approximate surface area is 72.8 Å². The molecule has 1 heterocycles. The summed E-state index contributed by atoms with van der Waals surface area (Å²) in [5.41, 5.74) is 0. The first-order valence-electron chi connectivity index (χ1n) is 3.54. The molecule has 0 aliphatic carbocycles. The van der Waals surface area contributed by atoms with Crippen LogP contribution in [0, 0.1) is 10.1 Å². The molecular weight excluding hydrogens is 181 g/mol. The van der Waals surface area contributed by atoms with Crippen LogP contribution in [-0.4, -0.2) is 32.4 Å². The van der Waals surface area contributed by atoms with Crippen molar-refractivity contribution in [3.05, 3.63) is 22.5 Å². The predicted molar refractivity (Wildman–Crippen MR) is 40.9 cm³/mol. The molecular formula is C6H8FN3O3. The summed E-state index contributed by atoms with van der Waals surface area (Å²) in [5.74, 6) is -0.396. The maximum absolute atomic E-state index is 11.9. The van der Waals surface area contributed by atoms with Gasteiger partial charge in [-0.25, -0.2) is 8.96 Å². The van der Waals surface area contributed by atoms with Crippen LogP contribution in [0.1, 0.15) is 0 Å². The van der Waals surface area contributed by atoms with Gasteiger partial charge in [0.25, 0.3) is 0 Å². The quantitative estimate of drug-likeness (QED) is 0.538. The number of aliphatic hydroxyl groups excluding tert-OH is 1. The van der Waals surface area contributed by atoms with Gasteiger partial charge >= 0.3 is 5.95 Å². The minimum Gasteiger partial charge on any atom is -0.390 e. The van der Waals surface area contributed by atoms with Gasteiger partial charge in [-0.1, -0.05) is 4.98 Å². The molecule has 1 rings (SSSR count). The average molecular weight is 189 g/mol. The number of hydrogen-bond acceptors (Lipinski definition) is 4. The Bertz CT molecular complexity index is 301. The number of nitro groups is 1. The lowest BCUT2D eigenvalue weighted by molar-refractivity contribution is -0.397. The molecule has 0 unspecified atom stereocenters. The average Bonchev–Trinajstić information content (AvgIpc) is 2.52. The largest absolute Gasteiger partial charge is 0.434 e. The molecule has 0 aliphatic heterocycles. The third kappa shape index (κ3) is 2.22. The van der Waals surface area contributed by atoms with Crippen molar-refractivity contribution in [2.75, 3.05) is 6.67 Å². The Balaban J connectivity index is 2.76. The minimum absolute atomic E-state index is 0.160. The van der Waals surface area contributed by atoms with Gasteiger partial charge in [-0.2, -0.15) is 0 Å². The maximum atomic E-state index is 11.9. The van der Waals surface area contributed by atoms with E-state index in [4.69, 9.17) is 5.11 Å². The number of nitrogens with zero attached hydrogens (tertiary/aromatic N) is 3. The van der Waals surface area contributed by atoms with Crippen molar-refractivity contribution in [3.63, 3.8) is 0 Å². The van der Waals surface area contributed by atoms with E-state index < -0.39 is 23.7 Å². The summed E-state index contributed by atoms with van der Waals surface area (Å²) in [6.45, 7) is -1.10. The molecule has 0 spiro atoms. The Morgan fingerprint density at radius 1 is 1.85 bits per heavy atom. The van der Waals surface area contributed by atoms with Crippen LogP contribution >= 0.6 is 0 Å². The van der Waals surface area contributed by atoms with Crippen LogP contribution in [0.2, 0.25) is 0 Å². The fourth-order valence-electron chi connectivity index (χ4n) is 0.892. The molecule has 0 aromatic carbocycles. The fraction of sp³-hybridized carbons (Fsp3) is 0.500. The van der Waals surface area contributed by atoms with Crippen molar-refractivity contribution in [2.24, 2.45) is 0 Å². The number of aromatic nitrogens is 2. The van der Waals surface area contributed by atoms with Crippen LogP contribution in [0.3, 0.4) is 0 Å². The summed E-state index contributed by atoms with van der Waals surface area (Å²) in [7, 11) is 0. The van der Waals surface area contributed by atoms with Gasteiger partial charge < -0.3 is 15.2 Å². The molecule has 1 atom stereocenters. The lowest BCUT2D eigenvalue weighted by Crippen LogP contribution is -2.18. The summed E-state index contributed by atoms with van der Waals surface area (Å²) >= 11 is 0. The summed E-state index contributed by atoms with van der Waals surface area (Å²) in [4.78, 5) is 13.0. The van der Waals surface area contributed by atoms with Crippen molar-refractivity contribution in [2.45, 2.75) is 12.6 Å². The number of aliphatic hydroxyl groups is 1. The third-order valence-electron chi connectivity index (χ3n) is 1.44. The van der Waals surface area contributed by atoms with Crippen molar-refractivity contribution < 1.29 is 14.4 Å². The van der Waals surface area contributed by atoms with Crippen molar-refractivity contribution in [3.8, 4) is 0 Å². The van der Waals surface area contributed by atoms with Crippen molar-refractivity contribution >= 4 is 5.95 Å². The van der Waals surface area contributed by atoms with Crippen LogP contribution in [0.25, 0.3) is 0 Å². The minimum atomic E-state index is -1.23. The molecule has 0 saturated heterocycles. The maximum Gasteiger partial charge on any atom is 0.434 e. The highest BCUT2D eigenvalue weighted by Crippen LogP contribution is 2.08. The van der Waals surface area contributed by atoms with E-state index >= 15 is 0 Å². The normalized spacial score (nSPS) is 12.8. The Hall–Kier alpha value is -1.50. The highest BCUT2D eigenvalue weighted by atomic mass is 19.1. The Morgan fingerprint density at radius 3 is 3.08 bits per heavy atom. The number of halogens is 1. The second-order valence-corrected chi connectivity index (χ2v) is 2.44. The molecule has 0 aliphatic rings. The highest BCUT2D eigenvalue weighted by Gasteiger charge is 2.16. The van der Waals surface area contributed by atoms with Gasteiger partial charge in [-0.3, -0.25) is 0 Å². The molecule has 0 fully saturated rings. The summed E-state index contributed by atoms with van der Waals surface area (Å²) in [5, 5.41) is 19.2. The van der Waals surface area contributed by atoms with E-state index in [1.165, 1.54) is 12.4 Å². The molecule has 0 amide bonds. The van der Waals surface area contributed by atoms with Gasteiger partial charge in [0.15, 0.2) is 0 Å². The fourth-order valence-corrected chi connectivity index (χ4v) is 0.892. The van der Waals surface area contributed by atoms with Crippen molar-refractivity contribution in [1.29, 1.82) is 0 Å². The third-order valence-corrected chi connectivity index (χ3v) is 1.44. The predicted octanol–water partition coefficient (Wildman–Crippen LogP) is 0.122. The summed E-state index contributed by atoms with van der Waals surface area (Å²) in [6.07, 6.45) is 1.31. The molecule has 7 heteroatoms. The van der Waals surface area contributed by atoms with E-state index in [1.807, 2.05) is 0 Å². The first-order chi connectivity index (χ1) is 6.15. The number of alkyl halides is 1. The molecule has 72 valence electrons. The van der Waals surface area contributed by atoms with Crippen LogP contribution in [0.4, 0.5) is 10.3 Å². The van der Waals surface area contributed by atoms with E-state index in [1.54, 1.807) is 0 Å². The summed E-state index contributed by atoms with van der Waals surface area (Å²) in [6, 6.07) is 0. The summed E-state index contributed by atoms with van der Waals surface area (Å²) < 4.78 is 12.9. The highest BCUT2D eigenvalue weighted by molar-refractivity contribution is 5.06. The zero-order valence-electron chi connectivity index (χ0n) is 6.63. The van der Waals surface area contributed by atoms with E-state index in [0.29, 0.717) is 0 Å². The van der Waals surface area contributed by atoms with Crippen molar-refractivity contribution in [1.82, 2.24) is 9.55 Å². The van der Waals surface area contributed by atoms with E-state index in [-0.39, 0.29) is 6.54 Å². The van der Waals surface area contributed by atoms with Gasteiger partial charge in [0.2, 0.25) is 0 Å². The van der Waals surface area contributed by atoms with Gasteiger partial charge in [-0.15, -0.1) is 0 Å². The monoisotopic (exact) mass is 189 g/mol. The van der Waals surface area contributed by atoms with Gasteiger partial charge in [0.1, 0.15) is 31.7 Å². The van der Waals surface area contributed by atoms with Gasteiger partial charge in [0.05, 0.1) is 0 Å². The number of imidazole rings is 1. The first-order valence-corrected chi connectivity index (χ1v) is 3.54. The molecule has 0 bridgehead atoms. The van der Waals surface area contributed by atoms with E-state index in [0.717, 1.165) is 4.57 Å². The second kappa shape index (κ2) is 3.94. The van der Waals surface area contributed by atoms with Crippen LogP contribution in [-0.2, 0) is 6.54 Å². The van der Waals surface area contributed by atoms with Crippen LogP contribution in [0.5, 0.6) is 0 Å².